The summed E-state index contributed by atoms with van der Waals surface area (Å²) < 4.78 is 5.24. The molecule has 0 bridgehead atoms. The van der Waals surface area contributed by atoms with Crippen LogP contribution in [0.3, 0.4) is 0 Å². The quantitative estimate of drug-likeness (QED) is 0.436. The summed E-state index contributed by atoms with van der Waals surface area (Å²) in [5.41, 5.74) is 1.29. The fourth-order valence-electron chi connectivity index (χ4n) is 2.59. The van der Waals surface area contributed by atoms with Gasteiger partial charge in [0.15, 0.2) is 5.75 Å². The minimum absolute atomic E-state index is 0.0955. The fraction of sp³-hybridized carbons (Fsp3) is 0.333. The lowest BCUT2D eigenvalue weighted by molar-refractivity contribution is -0.153. The molecule has 0 amide bonds. The first-order valence-electron chi connectivity index (χ1n) is 9.16. The second kappa shape index (κ2) is 10.0. The van der Waals surface area contributed by atoms with E-state index < -0.39 is 17.3 Å². The van der Waals surface area contributed by atoms with E-state index in [2.05, 4.69) is 10.6 Å². The van der Waals surface area contributed by atoms with Crippen molar-refractivity contribution in [2.45, 2.75) is 39.5 Å². The number of anilines is 1. The third-order valence-corrected chi connectivity index (χ3v) is 4.60. The molecular weight excluding hydrogens is 431 g/mol. The van der Waals surface area contributed by atoms with Crippen molar-refractivity contribution in [2.75, 3.05) is 11.9 Å². The molecule has 0 radical (unpaired) electrons. The van der Waals surface area contributed by atoms with Crippen LogP contribution in [-0.2, 0) is 22.6 Å². The molecule has 9 heteroatoms. The van der Waals surface area contributed by atoms with E-state index in [1.54, 1.807) is 0 Å². The van der Waals surface area contributed by atoms with Gasteiger partial charge < -0.3 is 25.6 Å². The zero-order valence-electron chi connectivity index (χ0n) is 16.9. The number of esters is 1. The van der Waals surface area contributed by atoms with E-state index in [1.165, 1.54) is 0 Å². The lowest BCUT2D eigenvalue weighted by Gasteiger charge is -2.19. The zero-order chi connectivity index (χ0) is 22.5. The monoisotopic (exact) mass is 454 g/mol. The molecule has 0 heterocycles. The van der Waals surface area contributed by atoms with Gasteiger partial charge in [0.1, 0.15) is 16.2 Å². The average Bonchev–Trinajstić information content (AvgIpc) is 2.64. The molecule has 4 N–H and O–H groups in total. The molecule has 7 nitrogen and oxygen atoms in total. The number of carbonyl (C=O) groups excluding carboxylic acids is 1. The van der Waals surface area contributed by atoms with Crippen molar-refractivity contribution >= 4 is 40.8 Å². The number of rotatable bonds is 8. The van der Waals surface area contributed by atoms with E-state index in [0.29, 0.717) is 13.1 Å². The van der Waals surface area contributed by atoms with E-state index in [0.717, 1.165) is 17.2 Å². The van der Waals surface area contributed by atoms with E-state index >= 15 is 0 Å². The number of nitrogens with one attached hydrogen (secondary N) is 2. The maximum Gasteiger partial charge on any atom is 0.339 e. The standard InChI is InChI=1S/C21H24Cl2N2O5/c1-21(2,3)30-16(26)11-24-9-12-4-6-13(7-5-12)10-25-18-15(22)8-14(20(28)29)19(27)17(18)23/h4-8,24-25,27H,9-11H2,1-3H3,(H,28,29). The van der Waals surface area contributed by atoms with Crippen molar-refractivity contribution in [1.82, 2.24) is 5.32 Å². The predicted octanol–water partition coefficient (Wildman–Crippen LogP) is 4.44. The molecule has 0 aromatic heterocycles. The SMILES string of the molecule is CC(C)(C)OC(=O)CNCc1ccc(CNc2c(Cl)cc(C(=O)O)c(O)c2Cl)cc1. The molecule has 0 fully saturated rings. The van der Waals surface area contributed by atoms with Gasteiger partial charge in [-0.2, -0.15) is 0 Å². The Morgan fingerprint density at radius 1 is 1.07 bits per heavy atom. The van der Waals surface area contributed by atoms with Crippen LogP contribution in [-0.4, -0.2) is 34.3 Å². The Labute approximate surface area is 185 Å². The molecule has 0 atom stereocenters. The third-order valence-electron chi connectivity index (χ3n) is 3.93. The first kappa shape index (κ1) is 23.8. The normalized spacial score (nSPS) is 11.2. The maximum absolute atomic E-state index is 11.7. The molecular formula is C21H24Cl2N2O5. The summed E-state index contributed by atoms with van der Waals surface area (Å²) >= 11 is 12.2. The highest BCUT2D eigenvalue weighted by atomic mass is 35.5. The van der Waals surface area contributed by atoms with Crippen LogP contribution in [0.4, 0.5) is 5.69 Å². The van der Waals surface area contributed by atoms with E-state index in [1.807, 2.05) is 45.0 Å². The maximum atomic E-state index is 11.7. The van der Waals surface area contributed by atoms with E-state index in [4.69, 9.17) is 33.0 Å². The second-order valence-corrected chi connectivity index (χ2v) is 8.39. The smallest absolute Gasteiger partial charge is 0.339 e. The number of aromatic hydroxyl groups is 1. The Kier molecular flexibility index (Phi) is 7.95. The van der Waals surface area contributed by atoms with Gasteiger partial charge in [0.25, 0.3) is 0 Å². The minimum atomic E-state index is -1.32. The Balaban J connectivity index is 1.92. The fourth-order valence-corrected chi connectivity index (χ4v) is 3.17. The number of halogens is 2. The number of ether oxygens (including phenoxy) is 1. The van der Waals surface area contributed by atoms with Gasteiger partial charge in [0.2, 0.25) is 0 Å². The van der Waals surface area contributed by atoms with Gasteiger partial charge in [-0.25, -0.2) is 4.79 Å². The molecule has 0 saturated heterocycles. The molecule has 0 unspecified atom stereocenters. The Hall–Kier alpha value is -2.48. The Morgan fingerprint density at radius 2 is 1.63 bits per heavy atom. The van der Waals surface area contributed by atoms with Crippen molar-refractivity contribution in [3.8, 4) is 5.75 Å². The first-order valence-corrected chi connectivity index (χ1v) is 9.92. The molecule has 0 spiro atoms. The average molecular weight is 455 g/mol. The van der Waals surface area contributed by atoms with Crippen LogP contribution in [0.15, 0.2) is 30.3 Å². The number of carboxylic acids is 1. The van der Waals surface area contributed by atoms with E-state index in [-0.39, 0.29) is 33.8 Å². The molecule has 0 aliphatic rings. The summed E-state index contributed by atoms with van der Waals surface area (Å²) in [6.45, 7) is 6.44. The number of hydrogen-bond acceptors (Lipinski definition) is 6. The lowest BCUT2D eigenvalue weighted by atomic mass is 10.1. The van der Waals surface area contributed by atoms with Crippen molar-refractivity contribution in [3.05, 3.63) is 57.1 Å². The van der Waals surface area contributed by atoms with Crippen LogP contribution >= 0.6 is 23.2 Å². The van der Waals surface area contributed by atoms with Crippen molar-refractivity contribution in [3.63, 3.8) is 0 Å². The molecule has 0 saturated carbocycles. The van der Waals surface area contributed by atoms with Crippen LogP contribution in [0.2, 0.25) is 10.0 Å². The summed E-state index contributed by atoms with van der Waals surface area (Å²) in [6.07, 6.45) is 0. The summed E-state index contributed by atoms with van der Waals surface area (Å²) in [7, 11) is 0. The highest BCUT2D eigenvalue weighted by Crippen LogP contribution is 2.40. The van der Waals surface area contributed by atoms with Crippen molar-refractivity contribution in [2.24, 2.45) is 0 Å². The van der Waals surface area contributed by atoms with Gasteiger partial charge in [-0.05, 0) is 38.0 Å². The molecule has 2 aromatic rings. The van der Waals surface area contributed by atoms with Crippen molar-refractivity contribution in [1.29, 1.82) is 0 Å². The highest BCUT2D eigenvalue weighted by molar-refractivity contribution is 6.40. The Bertz CT molecular complexity index is 924. The molecule has 2 aromatic carbocycles. The van der Waals surface area contributed by atoms with Gasteiger partial charge >= 0.3 is 11.9 Å². The van der Waals surface area contributed by atoms with Gasteiger partial charge in [-0.15, -0.1) is 0 Å². The van der Waals surface area contributed by atoms with Crippen LogP contribution in [0.25, 0.3) is 0 Å². The highest BCUT2D eigenvalue weighted by Gasteiger charge is 2.19. The number of aromatic carboxylic acids is 1. The first-order chi connectivity index (χ1) is 14.0. The van der Waals surface area contributed by atoms with Crippen LogP contribution in [0.1, 0.15) is 42.3 Å². The van der Waals surface area contributed by atoms with Gasteiger partial charge in [-0.3, -0.25) is 4.79 Å². The Morgan fingerprint density at radius 3 is 2.17 bits per heavy atom. The number of carbonyl (C=O) groups is 2. The summed E-state index contributed by atoms with van der Waals surface area (Å²) in [5, 5.41) is 25.0. The summed E-state index contributed by atoms with van der Waals surface area (Å²) in [5.74, 6) is -2.17. The third kappa shape index (κ3) is 6.79. The van der Waals surface area contributed by atoms with Crippen LogP contribution < -0.4 is 10.6 Å². The topological polar surface area (TPSA) is 108 Å². The van der Waals surface area contributed by atoms with Crippen LogP contribution in [0.5, 0.6) is 5.75 Å². The number of carboxylic acid groups (broad SMARTS) is 1. The molecule has 30 heavy (non-hydrogen) atoms. The summed E-state index contributed by atoms with van der Waals surface area (Å²) in [4.78, 5) is 22.8. The largest absolute Gasteiger partial charge is 0.505 e. The molecule has 2 rings (SSSR count). The molecule has 0 aliphatic carbocycles. The van der Waals surface area contributed by atoms with Gasteiger partial charge in [0, 0.05) is 13.1 Å². The predicted molar refractivity (Wildman–Crippen MR) is 116 cm³/mol. The number of hydrogen-bond donors (Lipinski definition) is 4. The lowest BCUT2D eigenvalue weighted by Crippen LogP contribution is -2.31. The zero-order valence-corrected chi connectivity index (χ0v) is 18.4. The number of benzene rings is 2. The van der Waals surface area contributed by atoms with Crippen LogP contribution in [0, 0.1) is 0 Å². The van der Waals surface area contributed by atoms with Gasteiger partial charge in [-0.1, -0.05) is 47.5 Å². The van der Waals surface area contributed by atoms with E-state index in [9.17, 15) is 14.7 Å². The van der Waals surface area contributed by atoms with Gasteiger partial charge in [0.05, 0.1) is 17.3 Å². The van der Waals surface area contributed by atoms with Crippen molar-refractivity contribution < 1.29 is 24.5 Å². The number of phenols is 1. The second-order valence-electron chi connectivity index (χ2n) is 7.61. The molecule has 162 valence electrons. The molecule has 0 aliphatic heterocycles. The summed E-state index contributed by atoms with van der Waals surface area (Å²) in [6, 6.07) is 8.75. The minimum Gasteiger partial charge on any atom is -0.505 e.